The van der Waals surface area contributed by atoms with Crippen LogP contribution in [-0.2, 0) is 0 Å². The minimum atomic E-state index is 0.484. The zero-order valence-electron chi connectivity index (χ0n) is 10.4. The average molecular weight is 222 g/mol. The summed E-state index contributed by atoms with van der Waals surface area (Å²) in [7, 11) is 0. The lowest BCUT2D eigenvalue weighted by molar-refractivity contribution is 0.137. The molecule has 0 aromatic rings. The number of rotatable bonds is 7. The van der Waals surface area contributed by atoms with Crippen molar-refractivity contribution in [1.29, 1.82) is 0 Å². The second kappa shape index (κ2) is 4.30. The van der Waals surface area contributed by atoms with E-state index in [1.54, 1.807) is 0 Å². The molecule has 0 unspecified atom stereocenters. The van der Waals surface area contributed by atoms with Crippen molar-refractivity contribution in [2.45, 2.75) is 44.9 Å². The molecule has 92 valence electrons. The Balaban J connectivity index is 1.41. The van der Waals surface area contributed by atoms with Gasteiger partial charge in [0, 0.05) is 6.54 Å². The summed E-state index contributed by atoms with van der Waals surface area (Å²) in [6, 6.07) is 0. The Morgan fingerprint density at radius 1 is 1.12 bits per heavy atom. The SMILES string of the molecule is NCC1(CNCC(C2CC2)C2CC2)CCC1. The molecule has 16 heavy (non-hydrogen) atoms. The van der Waals surface area contributed by atoms with Gasteiger partial charge in [0.25, 0.3) is 0 Å². The molecule has 0 heterocycles. The highest BCUT2D eigenvalue weighted by Crippen LogP contribution is 2.49. The highest BCUT2D eigenvalue weighted by Gasteiger charge is 2.41. The van der Waals surface area contributed by atoms with Crippen LogP contribution in [0.3, 0.4) is 0 Å². The molecular formula is C14H26N2. The summed E-state index contributed by atoms with van der Waals surface area (Å²) in [5.74, 6) is 3.17. The maximum absolute atomic E-state index is 5.89. The minimum absolute atomic E-state index is 0.484. The Morgan fingerprint density at radius 3 is 2.12 bits per heavy atom. The van der Waals surface area contributed by atoms with Crippen LogP contribution in [-0.4, -0.2) is 19.6 Å². The molecule has 3 N–H and O–H groups in total. The summed E-state index contributed by atoms with van der Waals surface area (Å²) < 4.78 is 0. The molecule has 0 aromatic carbocycles. The van der Waals surface area contributed by atoms with Crippen molar-refractivity contribution in [3.63, 3.8) is 0 Å². The van der Waals surface area contributed by atoms with Crippen molar-refractivity contribution in [3.8, 4) is 0 Å². The summed E-state index contributed by atoms with van der Waals surface area (Å²) in [5.41, 5.74) is 6.37. The molecule has 0 spiro atoms. The molecule has 2 nitrogen and oxygen atoms in total. The van der Waals surface area contributed by atoms with Gasteiger partial charge < -0.3 is 11.1 Å². The van der Waals surface area contributed by atoms with Gasteiger partial charge in [0.2, 0.25) is 0 Å². The van der Waals surface area contributed by atoms with Crippen LogP contribution < -0.4 is 11.1 Å². The zero-order chi connectivity index (χ0) is 11.0. The molecule has 0 saturated heterocycles. The third-order valence-corrected chi connectivity index (χ3v) is 5.18. The molecule has 2 heteroatoms. The number of hydrogen-bond acceptors (Lipinski definition) is 2. The second-order valence-electron chi connectivity index (χ2n) is 6.53. The Labute approximate surface area is 99.4 Å². The smallest absolute Gasteiger partial charge is 0.00200 e. The lowest BCUT2D eigenvalue weighted by atomic mass is 9.69. The third-order valence-electron chi connectivity index (χ3n) is 5.18. The number of hydrogen-bond donors (Lipinski definition) is 2. The number of nitrogens with one attached hydrogen (secondary N) is 1. The van der Waals surface area contributed by atoms with Gasteiger partial charge in [0.05, 0.1) is 0 Å². The van der Waals surface area contributed by atoms with E-state index in [0.29, 0.717) is 5.41 Å². The Morgan fingerprint density at radius 2 is 1.75 bits per heavy atom. The van der Waals surface area contributed by atoms with Gasteiger partial charge in [0.1, 0.15) is 0 Å². The first-order chi connectivity index (χ1) is 7.83. The molecule has 3 aliphatic rings. The molecule has 3 fully saturated rings. The van der Waals surface area contributed by atoms with E-state index in [0.717, 1.165) is 24.3 Å². The maximum Gasteiger partial charge on any atom is 0.00200 e. The van der Waals surface area contributed by atoms with Crippen LogP contribution in [0.2, 0.25) is 0 Å². The van der Waals surface area contributed by atoms with Crippen molar-refractivity contribution >= 4 is 0 Å². The van der Waals surface area contributed by atoms with E-state index in [1.807, 2.05) is 0 Å². The zero-order valence-corrected chi connectivity index (χ0v) is 10.4. The quantitative estimate of drug-likeness (QED) is 0.692. The van der Waals surface area contributed by atoms with E-state index in [-0.39, 0.29) is 0 Å². The van der Waals surface area contributed by atoms with Gasteiger partial charge in [0.15, 0.2) is 0 Å². The topological polar surface area (TPSA) is 38.0 Å². The fourth-order valence-corrected chi connectivity index (χ4v) is 3.40. The fraction of sp³-hybridized carbons (Fsp3) is 1.00. The van der Waals surface area contributed by atoms with Crippen LogP contribution in [0.25, 0.3) is 0 Å². The van der Waals surface area contributed by atoms with Crippen LogP contribution in [0, 0.1) is 23.2 Å². The summed E-state index contributed by atoms with van der Waals surface area (Å²) in [6.45, 7) is 3.34. The van der Waals surface area contributed by atoms with Crippen LogP contribution >= 0.6 is 0 Å². The molecule has 3 saturated carbocycles. The molecule has 0 amide bonds. The van der Waals surface area contributed by atoms with Crippen LogP contribution in [0.1, 0.15) is 44.9 Å². The second-order valence-corrected chi connectivity index (χ2v) is 6.53. The van der Waals surface area contributed by atoms with Crippen molar-refractivity contribution < 1.29 is 0 Å². The van der Waals surface area contributed by atoms with E-state index in [9.17, 15) is 0 Å². The molecule has 3 aliphatic carbocycles. The lowest BCUT2D eigenvalue weighted by Gasteiger charge is -2.41. The minimum Gasteiger partial charge on any atom is -0.330 e. The van der Waals surface area contributed by atoms with Crippen LogP contribution in [0.4, 0.5) is 0 Å². The Kier molecular flexibility index (Phi) is 2.97. The highest BCUT2D eigenvalue weighted by atomic mass is 14.9. The maximum atomic E-state index is 5.89. The Hall–Kier alpha value is -0.0800. The molecule has 0 aromatic heterocycles. The van der Waals surface area contributed by atoms with E-state index in [1.165, 1.54) is 58.0 Å². The summed E-state index contributed by atoms with van der Waals surface area (Å²) in [5, 5.41) is 3.74. The lowest BCUT2D eigenvalue weighted by Crippen LogP contribution is -2.46. The predicted octanol–water partition coefficient (Wildman–Crippen LogP) is 2.14. The number of nitrogens with two attached hydrogens (primary N) is 1. The first kappa shape index (κ1) is 11.0. The van der Waals surface area contributed by atoms with E-state index in [2.05, 4.69) is 5.32 Å². The Bertz CT molecular complexity index is 222. The van der Waals surface area contributed by atoms with Gasteiger partial charge in [-0.2, -0.15) is 0 Å². The molecule has 3 rings (SSSR count). The molecular weight excluding hydrogens is 196 g/mol. The summed E-state index contributed by atoms with van der Waals surface area (Å²) in [6.07, 6.45) is 10.1. The first-order valence-corrected chi connectivity index (χ1v) is 7.24. The van der Waals surface area contributed by atoms with Crippen LogP contribution in [0.15, 0.2) is 0 Å². The van der Waals surface area contributed by atoms with Crippen molar-refractivity contribution in [2.75, 3.05) is 19.6 Å². The van der Waals surface area contributed by atoms with Gasteiger partial charge in [-0.05, 0) is 74.8 Å². The van der Waals surface area contributed by atoms with Crippen molar-refractivity contribution in [2.24, 2.45) is 28.9 Å². The molecule has 0 atom stereocenters. The van der Waals surface area contributed by atoms with Gasteiger partial charge in [-0.25, -0.2) is 0 Å². The van der Waals surface area contributed by atoms with Gasteiger partial charge >= 0.3 is 0 Å². The van der Waals surface area contributed by atoms with Gasteiger partial charge in [-0.1, -0.05) is 6.42 Å². The summed E-state index contributed by atoms with van der Waals surface area (Å²) >= 11 is 0. The van der Waals surface area contributed by atoms with E-state index < -0.39 is 0 Å². The molecule has 0 bridgehead atoms. The third kappa shape index (κ3) is 2.28. The first-order valence-electron chi connectivity index (χ1n) is 7.24. The largest absolute Gasteiger partial charge is 0.330 e. The predicted molar refractivity (Wildman–Crippen MR) is 67.1 cm³/mol. The fourth-order valence-electron chi connectivity index (χ4n) is 3.40. The monoisotopic (exact) mass is 222 g/mol. The standard InChI is InChI=1S/C14H26N2/c15-9-14(6-1-7-14)10-16-8-13(11-2-3-11)12-4-5-12/h11-13,16H,1-10,15H2. The van der Waals surface area contributed by atoms with E-state index >= 15 is 0 Å². The van der Waals surface area contributed by atoms with E-state index in [4.69, 9.17) is 5.73 Å². The van der Waals surface area contributed by atoms with Gasteiger partial charge in [-0.3, -0.25) is 0 Å². The highest BCUT2D eigenvalue weighted by molar-refractivity contribution is 4.94. The normalized spacial score (nSPS) is 28.1. The van der Waals surface area contributed by atoms with Crippen molar-refractivity contribution in [3.05, 3.63) is 0 Å². The average Bonchev–Trinajstić information content (AvgIpc) is 3.10. The van der Waals surface area contributed by atoms with Gasteiger partial charge in [-0.15, -0.1) is 0 Å². The van der Waals surface area contributed by atoms with Crippen LogP contribution in [0.5, 0.6) is 0 Å². The summed E-state index contributed by atoms with van der Waals surface area (Å²) in [4.78, 5) is 0. The molecule has 0 radical (unpaired) electrons. The molecule has 0 aliphatic heterocycles. The van der Waals surface area contributed by atoms with Crippen molar-refractivity contribution in [1.82, 2.24) is 5.32 Å².